The summed E-state index contributed by atoms with van der Waals surface area (Å²) in [5, 5.41) is 9.25. The summed E-state index contributed by atoms with van der Waals surface area (Å²) in [6, 6.07) is 12.7. The smallest absolute Gasteiger partial charge is 0.276 e. The van der Waals surface area contributed by atoms with E-state index in [-0.39, 0.29) is 18.8 Å². The van der Waals surface area contributed by atoms with Crippen LogP contribution in [0.3, 0.4) is 0 Å². The van der Waals surface area contributed by atoms with Crippen molar-refractivity contribution >= 4 is 17.5 Å². The van der Waals surface area contributed by atoms with Crippen molar-refractivity contribution in [2.24, 2.45) is 0 Å². The quantitative estimate of drug-likeness (QED) is 0.638. The predicted molar refractivity (Wildman–Crippen MR) is 100.0 cm³/mol. The minimum absolute atomic E-state index is 0.00857. The van der Waals surface area contributed by atoms with Crippen LogP contribution < -0.4 is 20.9 Å². The zero-order valence-corrected chi connectivity index (χ0v) is 15.0. The summed E-state index contributed by atoms with van der Waals surface area (Å²) in [7, 11) is 1.55. The second-order valence-corrected chi connectivity index (χ2v) is 5.75. The second kappa shape index (κ2) is 8.67. The Balaban J connectivity index is 1.65. The first kappa shape index (κ1) is 18.9. The Hall–Kier alpha value is -3.88. The Bertz CT molecular complexity index is 1010. The van der Waals surface area contributed by atoms with Crippen LogP contribution in [0.15, 0.2) is 64.0 Å². The maximum atomic E-state index is 12.4. The molecule has 0 spiro atoms. The molecule has 0 saturated heterocycles. The number of furan rings is 1. The highest BCUT2D eigenvalue weighted by atomic mass is 16.5. The Kier molecular flexibility index (Phi) is 5.85. The molecule has 0 fully saturated rings. The van der Waals surface area contributed by atoms with Crippen LogP contribution in [-0.4, -0.2) is 28.7 Å². The van der Waals surface area contributed by atoms with Crippen molar-refractivity contribution in [2.75, 3.05) is 12.4 Å². The number of methoxy groups -OCH3 is 1. The normalized spacial score (nSPS) is 10.3. The topological polar surface area (TPSA) is 115 Å². The van der Waals surface area contributed by atoms with Crippen molar-refractivity contribution in [3.05, 3.63) is 76.6 Å². The van der Waals surface area contributed by atoms with Gasteiger partial charge in [-0.15, -0.1) is 0 Å². The molecular formula is C19H18N4O5. The van der Waals surface area contributed by atoms with Crippen LogP contribution in [0.4, 0.5) is 5.69 Å². The van der Waals surface area contributed by atoms with E-state index in [1.807, 2.05) is 0 Å². The van der Waals surface area contributed by atoms with Crippen molar-refractivity contribution in [1.29, 1.82) is 0 Å². The van der Waals surface area contributed by atoms with Crippen LogP contribution in [0.5, 0.6) is 5.75 Å². The van der Waals surface area contributed by atoms with Gasteiger partial charge in [0.2, 0.25) is 5.91 Å². The lowest BCUT2D eigenvalue weighted by molar-refractivity contribution is -0.122. The standard InChI is InChI=1S/C19H18N4O5/c1-27-14-6-4-13(5-7-14)21-19(26)16-8-9-18(25)23(22-16)12-17(24)20-11-15-3-2-10-28-15/h2-10H,11-12H2,1H3,(H,20,24)(H,21,26). The van der Waals surface area contributed by atoms with E-state index in [9.17, 15) is 14.4 Å². The van der Waals surface area contributed by atoms with Gasteiger partial charge in [-0.25, -0.2) is 4.68 Å². The van der Waals surface area contributed by atoms with Crippen LogP contribution in [0.25, 0.3) is 0 Å². The first-order chi connectivity index (χ1) is 13.5. The molecule has 2 N–H and O–H groups in total. The van der Waals surface area contributed by atoms with Gasteiger partial charge in [-0.05, 0) is 42.5 Å². The molecule has 3 aromatic rings. The van der Waals surface area contributed by atoms with Crippen LogP contribution in [-0.2, 0) is 17.9 Å². The first-order valence-corrected chi connectivity index (χ1v) is 8.38. The summed E-state index contributed by atoms with van der Waals surface area (Å²) in [4.78, 5) is 36.3. The number of hydrogen-bond acceptors (Lipinski definition) is 6. The van der Waals surface area contributed by atoms with Crippen molar-refractivity contribution < 1.29 is 18.7 Å². The van der Waals surface area contributed by atoms with Crippen LogP contribution in [0, 0.1) is 0 Å². The Morgan fingerprint density at radius 3 is 2.61 bits per heavy atom. The van der Waals surface area contributed by atoms with Gasteiger partial charge in [-0.2, -0.15) is 5.10 Å². The number of ether oxygens (including phenoxy) is 1. The maximum absolute atomic E-state index is 12.4. The minimum atomic E-state index is -0.505. The minimum Gasteiger partial charge on any atom is -0.497 e. The van der Waals surface area contributed by atoms with Gasteiger partial charge < -0.3 is 19.8 Å². The second-order valence-electron chi connectivity index (χ2n) is 5.75. The van der Waals surface area contributed by atoms with Crippen LogP contribution in [0.2, 0.25) is 0 Å². The summed E-state index contributed by atoms with van der Waals surface area (Å²) in [6.45, 7) is -0.124. The molecule has 0 unspecified atom stereocenters. The molecule has 9 nitrogen and oxygen atoms in total. The van der Waals surface area contributed by atoms with Gasteiger partial charge in [-0.1, -0.05) is 0 Å². The van der Waals surface area contributed by atoms with Crippen LogP contribution >= 0.6 is 0 Å². The fourth-order valence-electron chi connectivity index (χ4n) is 2.34. The monoisotopic (exact) mass is 382 g/mol. The summed E-state index contributed by atoms with van der Waals surface area (Å²) in [5.74, 6) is 0.306. The van der Waals surface area contributed by atoms with E-state index in [1.54, 1.807) is 43.5 Å². The maximum Gasteiger partial charge on any atom is 0.276 e. The fraction of sp³-hybridized carbons (Fsp3) is 0.158. The average Bonchev–Trinajstić information content (AvgIpc) is 3.22. The average molecular weight is 382 g/mol. The largest absolute Gasteiger partial charge is 0.497 e. The van der Waals surface area contributed by atoms with Gasteiger partial charge in [0.1, 0.15) is 23.7 Å². The van der Waals surface area contributed by atoms with E-state index < -0.39 is 17.4 Å². The van der Waals surface area contributed by atoms with E-state index in [1.165, 1.54) is 18.4 Å². The number of nitrogens with one attached hydrogen (secondary N) is 2. The Morgan fingerprint density at radius 2 is 1.93 bits per heavy atom. The molecule has 144 valence electrons. The third kappa shape index (κ3) is 4.85. The van der Waals surface area contributed by atoms with Gasteiger partial charge in [0, 0.05) is 11.8 Å². The number of carbonyl (C=O) groups excluding carboxylic acids is 2. The summed E-state index contributed by atoms with van der Waals surface area (Å²) in [5.41, 5.74) is 0.0601. The van der Waals surface area contributed by atoms with Gasteiger partial charge in [0.05, 0.1) is 19.9 Å². The molecule has 2 heterocycles. The molecule has 0 aliphatic heterocycles. The van der Waals surface area contributed by atoms with Crippen LogP contribution in [0.1, 0.15) is 16.2 Å². The number of rotatable bonds is 7. The Morgan fingerprint density at radius 1 is 1.14 bits per heavy atom. The Labute approximate surface area is 159 Å². The molecule has 0 bridgehead atoms. The molecule has 2 aromatic heterocycles. The molecule has 3 rings (SSSR count). The van der Waals surface area contributed by atoms with E-state index in [0.29, 0.717) is 17.2 Å². The summed E-state index contributed by atoms with van der Waals surface area (Å²) >= 11 is 0. The molecule has 0 radical (unpaired) electrons. The number of amides is 2. The van der Waals surface area contributed by atoms with Gasteiger partial charge in [0.15, 0.2) is 0 Å². The van der Waals surface area contributed by atoms with Crippen molar-refractivity contribution in [3.8, 4) is 5.75 Å². The molecular weight excluding hydrogens is 364 g/mol. The number of hydrogen-bond donors (Lipinski definition) is 2. The highest BCUT2D eigenvalue weighted by molar-refractivity contribution is 6.02. The van der Waals surface area contributed by atoms with E-state index >= 15 is 0 Å². The first-order valence-electron chi connectivity index (χ1n) is 8.38. The fourth-order valence-corrected chi connectivity index (χ4v) is 2.34. The predicted octanol–water partition coefficient (Wildman–Crippen LogP) is 1.41. The zero-order valence-electron chi connectivity index (χ0n) is 15.0. The van der Waals surface area contributed by atoms with Gasteiger partial charge in [-0.3, -0.25) is 14.4 Å². The third-order valence-electron chi connectivity index (χ3n) is 3.78. The number of aromatic nitrogens is 2. The number of anilines is 1. The van der Waals surface area contributed by atoms with Gasteiger partial charge in [0.25, 0.3) is 11.5 Å². The molecule has 0 aliphatic carbocycles. The summed E-state index contributed by atoms with van der Waals surface area (Å²) < 4.78 is 11.1. The van der Waals surface area contributed by atoms with Crippen molar-refractivity contribution in [2.45, 2.75) is 13.1 Å². The number of benzene rings is 1. The third-order valence-corrected chi connectivity index (χ3v) is 3.78. The lowest BCUT2D eigenvalue weighted by atomic mass is 10.3. The SMILES string of the molecule is COc1ccc(NC(=O)c2ccc(=O)n(CC(=O)NCc3ccco3)n2)cc1. The highest BCUT2D eigenvalue weighted by Gasteiger charge is 2.12. The van der Waals surface area contributed by atoms with Gasteiger partial charge >= 0.3 is 0 Å². The lowest BCUT2D eigenvalue weighted by Gasteiger charge is -2.08. The summed E-state index contributed by atoms with van der Waals surface area (Å²) in [6.07, 6.45) is 1.50. The highest BCUT2D eigenvalue weighted by Crippen LogP contribution is 2.15. The molecule has 0 atom stereocenters. The molecule has 0 aliphatic rings. The molecule has 9 heteroatoms. The molecule has 28 heavy (non-hydrogen) atoms. The van der Waals surface area contributed by atoms with E-state index in [4.69, 9.17) is 9.15 Å². The van der Waals surface area contributed by atoms with Crippen molar-refractivity contribution in [1.82, 2.24) is 15.1 Å². The van der Waals surface area contributed by atoms with E-state index in [2.05, 4.69) is 15.7 Å². The zero-order chi connectivity index (χ0) is 19.9. The number of nitrogens with zero attached hydrogens (tertiary/aromatic N) is 2. The van der Waals surface area contributed by atoms with E-state index in [0.717, 1.165) is 4.68 Å². The molecule has 1 aromatic carbocycles. The molecule has 2 amide bonds. The molecule has 0 saturated carbocycles. The lowest BCUT2D eigenvalue weighted by Crippen LogP contribution is -2.34. The van der Waals surface area contributed by atoms with Crippen molar-refractivity contribution in [3.63, 3.8) is 0 Å². The number of carbonyl (C=O) groups is 2.